The fourth-order valence-corrected chi connectivity index (χ4v) is 3.25. The highest BCUT2D eigenvalue weighted by atomic mass is 35.5. The van der Waals surface area contributed by atoms with Crippen LogP contribution in [-0.4, -0.2) is 18.6 Å². The molecule has 1 aliphatic heterocycles. The highest BCUT2D eigenvalue weighted by molar-refractivity contribution is 6.33. The van der Waals surface area contributed by atoms with E-state index in [2.05, 4.69) is 17.6 Å². The SMILES string of the molecule is CC(Nc1cc2c(cc1Cl)NC(=O)CO2)C1CCCC1. The first-order valence-corrected chi connectivity index (χ1v) is 7.54. The lowest BCUT2D eigenvalue weighted by Crippen LogP contribution is -2.26. The van der Waals surface area contributed by atoms with Crippen molar-refractivity contribution in [1.29, 1.82) is 0 Å². The summed E-state index contributed by atoms with van der Waals surface area (Å²) in [5, 5.41) is 6.86. The minimum absolute atomic E-state index is 0.0618. The fraction of sp³-hybridized carbons (Fsp3) is 0.533. The van der Waals surface area contributed by atoms with Crippen LogP contribution in [0.15, 0.2) is 12.1 Å². The zero-order chi connectivity index (χ0) is 14.1. The minimum atomic E-state index is -0.145. The van der Waals surface area contributed by atoms with Gasteiger partial charge in [0, 0.05) is 12.1 Å². The summed E-state index contributed by atoms with van der Waals surface area (Å²) in [7, 11) is 0. The molecule has 1 aliphatic carbocycles. The Kier molecular flexibility index (Phi) is 3.74. The topological polar surface area (TPSA) is 50.4 Å². The molecule has 1 aromatic rings. The Morgan fingerprint density at radius 3 is 2.90 bits per heavy atom. The second kappa shape index (κ2) is 5.52. The molecule has 0 aromatic heterocycles. The van der Waals surface area contributed by atoms with Crippen LogP contribution in [-0.2, 0) is 4.79 Å². The number of anilines is 2. The molecule has 1 saturated carbocycles. The summed E-state index contributed by atoms with van der Waals surface area (Å²) in [6.07, 6.45) is 5.21. The predicted molar refractivity (Wildman–Crippen MR) is 80.6 cm³/mol. The lowest BCUT2D eigenvalue weighted by molar-refractivity contribution is -0.118. The van der Waals surface area contributed by atoms with Crippen LogP contribution in [0.2, 0.25) is 5.02 Å². The molecule has 3 rings (SSSR count). The van der Waals surface area contributed by atoms with E-state index < -0.39 is 0 Å². The van der Waals surface area contributed by atoms with Gasteiger partial charge >= 0.3 is 0 Å². The maximum absolute atomic E-state index is 11.3. The van der Waals surface area contributed by atoms with E-state index in [-0.39, 0.29) is 12.5 Å². The van der Waals surface area contributed by atoms with E-state index in [1.165, 1.54) is 25.7 Å². The minimum Gasteiger partial charge on any atom is -0.482 e. The number of benzene rings is 1. The molecule has 4 nitrogen and oxygen atoms in total. The Hall–Kier alpha value is -1.42. The van der Waals surface area contributed by atoms with E-state index >= 15 is 0 Å². The molecule has 0 bridgehead atoms. The van der Waals surface area contributed by atoms with Crippen molar-refractivity contribution < 1.29 is 9.53 Å². The molecule has 1 atom stereocenters. The number of fused-ring (bicyclic) bond motifs is 1. The smallest absolute Gasteiger partial charge is 0.262 e. The van der Waals surface area contributed by atoms with Crippen molar-refractivity contribution in [1.82, 2.24) is 0 Å². The van der Waals surface area contributed by atoms with Crippen LogP contribution in [0.4, 0.5) is 11.4 Å². The van der Waals surface area contributed by atoms with Crippen LogP contribution in [0, 0.1) is 5.92 Å². The summed E-state index contributed by atoms with van der Waals surface area (Å²) in [5.41, 5.74) is 1.52. The number of ether oxygens (including phenoxy) is 1. The summed E-state index contributed by atoms with van der Waals surface area (Å²) in [5.74, 6) is 1.24. The molecule has 0 spiro atoms. The van der Waals surface area contributed by atoms with Gasteiger partial charge in [0.15, 0.2) is 6.61 Å². The largest absolute Gasteiger partial charge is 0.482 e. The maximum atomic E-state index is 11.3. The fourth-order valence-electron chi connectivity index (χ4n) is 3.03. The quantitative estimate of drug-likeness (QED) is 0.894. The van der Waals surface area contributed by atoms with E-state index in [4.69, 9.17) is 16.3 Å². The lowest BCUT2D eigenvalue weighted by atomic mass is 9.99. The third-order valence-corrected chi connectivity index (χ3v) is 4.50. The second-order valence-corrected chi connectivity index (χ2v) is 6.05. The number of carbonyl (C=O) groups is 1. The van der Waals surface area contributed by atoms with E-state index in [9.17, 15) is 4.79 Å². The van der Waals surface area contributed by atoms with E-state index in [0.717, 1.165) is 5.69 Å². The Morgan fingerprint density at radius 2 is 2.15 bits per heavy atom. The van der Waals surface area contributed by atoms with Crippen LogP contribution >= 0.6 is 11.6 Å². The number of amides is 1. The molecule has 0 saturated heterocycles. The van der Waals surface area contributed by atoms with Crippen LogP contribution < -0.4 is 15.4 Å². The lowest BCUT2D eigenvalue weighted by Gasteiger charge is -2.24. The van der Waals surface area contributed by atoms with Crippen molar-refractivity contribution in [2.24, 2.45) is 5.92 Å². The van der Waals surface area contributed by atoms with Crippen molar-refractivity contribution in [3.8, 4) is 5.75 Å². The monoisotopic (exact) mass is 294 g/mol. The summed E-state index contributed by atoms with van der Waals surface area (Å²) >= 11 is 6.29. The van der Waals surface area contributed by atoms with Crippen LogP contribution in [0.5, 0.6) is 5.75 Å². The zero-order valence-corrected chi connectivity index (χ0v) is 12.3. The van der Waals surface area contributed by atoms with Gasteiger partial charge in [0.1, 0.15) is 5.75 Å². The van der Waals surface area contributed by atoms with Gasteiger partial charge in [-0.1, -0.05) is 24.4 Å². The maximum Gasteiger partial charge on any atom is 0.262 e. The zero-order valence-electron chi connectivity index (χ0n) is 11.5. The molecule has 2 N–H and O–H groups in total. The molecule has 1 aromatic carbocycles. The van der Waals surface area contributed by atoms with Crippen LogP contribution in [0.3, 0.4) is 0 Å². The van der Waals surface area contributed by atoms with Gasteiger partial charge in [-0.2, -0.15) is 0 Å². The molecule has 1 amide bonds. The number of hydrogen-bond acceptors (Lipinski definition) is 3. The first-order chi connectivity index (χ1) is 9.63. The van der Waals surface area contributed by atoms with E-state index in [1.807, 2.05) is 6.07 Å². The first kappa shape index (κ1) is 13.6. The van der Waals surface area contributed by atoms with Gasteiger partial charge in [-0.3, -0.25) is 4.79 Å². The average Bonchev–Trinajstić information content (AvgIpc) is 2.94. The Balaban J connectivity index is 1.78. The molecule has 108 valence electrons. The van der Waals surface area contributed by atoms with E-state index in [0.29, 0.717) is 28.4 Å². The Labute approximate surface area is 123 Å². The van der Waals surface area contributed by atoms with Gasteiger partial charge in [0.25, 0.3) is 5.91 Å². The Morgan fingerprint density at radius 1 is 1.40 bits per heavy atom. The van der Waals surface area contributed by atoms with Gasteiger partial charge < -0.3 is 15.4 Å². The average molecular weight is 295 g/mol. The highest BCUT2D eigenvalue weighted by Gasteiger charge is 2.23. The molecule has 20 heavy (non-hydrogen) atoms. The number of hydrogen-bond donors (Lipinski definition) is 2. The van der Waals surface area contributed by atoms with Gasteiger partial charge in [0.05, 0.1) is 16.4 Å². The van der Waals surface area contributed by atoms with Gasteiger partial charge in [0.2, 0.25) is 0 Å². The molecule has 0 radical (unpaired) electrons. The molecule has 2 aliphatic rings. The summed E-state index contributed by atoms with van der Waals surface area (Å²) < 4.78 is 5.43. The predicted octanol–water partition coefficient (Wildman–Crippen LogP) is 3.66. The van der Waals surface area contributed by atoms with Crippen molar-refractivity contribution in [2.75, 3.05) is 17.2 Å². The van der Waals surface area contributed by atoms with Crippen LogP contribution in [0.1, 0.15) is 32.6 Å². The highest BCUT2D eigenvalue weighted by Crippen LogP contribution is 2.38. The Bertz CT molecular complexity index is 527. The van der Waals surface area contributed by atoms with E-state index in [1.54, 1.807) is 6.07 Å². The molecule has 1 heterocycles. The number of nitrogens with one attached hydrogen (secondary N) is 2. The molecule has 1 unspecified atom stereocenters. The summed E-state index contributed by atoms with van der Waals surface area (Å²) in [6, 6.07) is 4.02. The van der Waals surface area contributed by atoms with Gasteiger partial charge in [-0.25, -0.2) is 0 Å². The van der Waals surface area contributed by atoms with Crippen molar-refractivity contribution >= 4 is 28.9 Å². The normalized spacial score (nSPS) is 20.0. The first-order valence-electron chi connectivity index (χ1n) is 7.16. The second-order valence-electron chi connectivity index (χ2n) is 5.64. The molecular formula is C15H19ClN2O2. The molecule has 5 heteroatoms. The van der Waals surface area contributed by atoms with Crippen molar-refractivity contribution in [3.63, 3.8) is 0 Å². The molecular weight excluding hydrogens is 276 g/mol. The number of halogens is 1. The molecule has 1 fully saturated rings. The third kappa shape index (κ3) is 2.70. The number of carbonyl (C=O) groups excluding carboxylic acids is 1. The van der Waals surface area contributed by atoms with Gasteiger partial charge in [-0.15, -0.1) is 0 Å². The number of rotatable bonds is 3. The summed E-state index contributed by atoms with van der Waals surface area (Å²) in [4.78, 5) is 11.3. The van der Waals surface area contributed by atoms with Crippen molar-refractivity contribution in [3.05, 3.63) is 17.2 Å². The van der Waals surface area contributed by atoms with Gasteiger partial charge in [-0.05, 0) is 31.7 Å². The third-order valence-electron chi connectivity index (χ3n) is 4.19. The van der Waals surface area contributed by atoms with Crippen LogP contribution in [0.25, 0.3) is 0 Å². The standard InChI is InChI=1S/C15H19ClN2O2/c1-9(10-4-2-3-5-10)17-12-7-14-13(6-11(12)16)18-15(19)8-20-14/h6-7,9-10,17H,2-5,8H2,1H3,(H,18,19). The summed E-state index contributed by atoms with van der Waals surface area (Å²) in [6.45, 7) is 2.26. The van der Waals surface area contributed by atoms with Crippen molar-refractivity contribution in [2.45, 2.75) is 38.6 Å².